The van der Waals surface area contributed by atoms with E-state index in [1.807, 2.05) is 0 Å². The van der Waals surface area contributed by atoms with Gasteiger partial charge in [-0.25, -0.2) is 0 Å². The summed E-state index contributed by atoms with van der Waals surface area (Å²) in [4.78, 5) is 38.3. The number of esters is 3. The van der Waals surface area contributed by atoms with E-state index in [2.05, 4.69) is 179 Å². The van der Waals surface area contributed by atoms with Gasteiger partial charge in [0.05, 0.1) is 0 Å². The maximum absolute atomic E-state index is 12.9. The average Bonchev–Trinajstić information content (AvgIpc) is 3.45. The maximum Gasteiger partial charge on any atom is 0.306 e. The molecule has 0 aliphatic carbocycles. The Kier molecular flexibility index (Phi) is 61.4. The molecule has 6 nitrogen and oxygen atoms in total. The number of hydrogen-bond donors (Lipinski definition) is 0. The van der Waals surface area contributed by atoms with E-state index in [0.717, 1.165) is 148 Å². The SMILES string of the molecule is CC/C=C\C/C=C\C/C=C\C/C=C\C/C=C\C/C=C\CCCCCCCCCCCCC(=O)OCC(COC(=O)CCCCCCC/C=C\C/C=C\CCCCC)OC(=O)CCC/C=C\C/C=C\C/C=C\C/C=C\C/C=C\CC. The molecule has 0 saturated carbocycles. The summed E-state index contributed by atoms with van der Waals surface area (Å²) >= 11 is 0. The highest BCUT2D eigenvalue weighted by atomic mass is 16.6. The number of ether oxygens (including phenoxy) is 3. The van der Waals surface area contributed by atoms with Gasteiger partial charge < -0.3 is 14.2 Å². The van der Waals surface area contributed by atoms with E-state index < -0.39 is 6.10 Å². The van der Waals surface area contributed by atoms with Crippen LogP contribution in [-0.2, 0) is 28.6 Å². The molecule has 0 aromatic rings. The highest BCUT2D eigenvalue weighted by Crippen LogP contribution is 2.14. The average molecular weight is 1090 g/mol. The van der Waals surface area contributed by atoms with Crippen LogP contribution in [0.25, 0.3) is 0 Å². The fraction of sp³-hybridized carbons (Fsp3) is 0.603. The van der Waals surface area contributed by atoms with E-state index in [1.165, 1.54) is 70.6 Å². The third-order valence-electron chi connectivity index (χ3n) is 13.0. The second-order valence-corrected chi connectivity index (χ2v) is 20.5. The van der Waals surface area contributed by atoms with E-state index >= 15 is 0 Å². The lowest BCUT2D eigenvalue weighted by molar-refractivity contribution is -0.167. The first kappa shape index (κ1) is 74.0. The van der Waals surface area contributed by atoms with Gasteiger partial charge in [-0.15, -0.1) is 0 Å². The fourth-order valence-corrected chi connectivity index (χ4v) is 8.28. The van der Waals surface area contributed by atoms with E-state index in [9.17, 15) is 14.4 Å². The standard InChI is InChI=1S/C73H116O6/c1-4-7-10-13-16-19-22-25-28-30-31-32-33-34-35-36-37-38-39-40-41-43-45-48-51-54-57-60-63-66-72(75)78-69-70(68-77-71(74)65-62-59-56-53-50-47-44-27-24-21-18-15-12-9-6-3)79-73(76)67-64-61-58-55-52-49-46-42-29-26-23-20-17-14-11-8-5-2/h7-8,10-11,16-21,25-29,31-32,34-35,37-38,44,46,49,55,58,70H,4-6,9,12-15,22-24,30,33,36,39-43,45,47-48,50-54,56-57,59-69H2,1-3H3/b10-7-,11-8-,19-16-,20-17-,21-18-,28-25-,29-26-,32-31-,35-34-,38-37-,44-27-,49-46-,58-55-. The molecule has 0 N–H and O–H groups in total. The van der Waals surface area contributed by atoms with Crippen molar-refractivity contribution in [3.8, 4) is 0 Å². The highest BCUT2D eigenvalue weighted by Gasteiger charge is 2.19. The molecule has 444 valence electrons. The van der Waals surface area contributed by atoms with Crippen LogP contribution in [0.1, 0.15) is 265 Å². The van der Waals surface area contributed by atoms with E-state index in [4.69, 9.17) is 14.2 Å². The molecule has 0 saturated heterocycles. The Balaban J connectivity index is 4.41. The lowest BCUT2D eigenvalue weighted by Crippen LogP contribution is -2.30. The van der Waals surface area contributed by atoms with Crippen LogP contribution < -0.4 is 0 Å². The summed E-state index contributed by atoms with van der Waals surface area (Å²) in [6, 6.07) is 0. The van der Waals surface area contributed by atoms with E-state index in [1.54, 1.807) is 0 Å². The summed E-state index contributed by atoms with van der Waals surface area (Å²) in [6.45, 7) is 6.32. The lowest BCUT2D eigenvalue weighted by Gasteiger charge is -2.18. The summed E-state index contributed by atoms with van der Waals surface area (Å²) in [5, 5.41) is 0. The van der Waals surface area contributed by atoms with Gasteiger partial charge >= 0.3 is 17.9 Å². The molecule has 0 spiro atoms. The quantitative estimate of drug-likeness (QED) is 0.0261. The molecule has 1 atom stereocenters. The van der Waals surface area contributed by atoms with Crippen LogP contribution in [0.5, 0.6) is 0 Å². The molecule has 0 amide bonds. The summed E-state index contributed by atoms with van der Waals surface area (Å²) in [6.07, 6.45) is 95.4. The molecule has 0 fully saturated rings. The molecule has 0 rings (SSSR count). The van der Waals surface area contributed by atoms with Crippen molar-refractivity contribution in [3.05, 3.63) is 158 Å². The molecular weight excluding hydrogens is 973 g/mol. The number of unbranched alkanes of at least 4 members (excludes halogenated alkanes) is 19. The van der Waals surface area contributed by atoms with E-state index in [-0.39, 0.29) is 37.5 Å². The molecular formula is C73H116O6. The minimum atomic E-state index is -0.824. The number of carbonyl (C=O) groups excluding carboxylic acids is 3. The minimum Gasteiger partial charge on any atom is -0.462 e. The van der Waals surface area contributed by atoms with Gasteiger partial charge in [0.25, 0.3) is 0 Å². The van der Waals surface area contributed by atoms with Crippen molar-refractivity contribution in [2.24, 2.45) is 0 Å². The van der Waals surface area contributed by atoms with Crippen LogP contribution in [-0.4, -0.2) is 37.2 Å². The molecule has 0 heterocycles. The highest BCUT2D eigenvalue weighted by molar-refractivity contribution is 5.71. The Labute approximate surface area is 486 Å². The van der Waals surface area contributed by atoms with Gasteiger partial charge in [0, 0.05) is 19.3 Å². The maximum atomic E-state index is 12.9. The normalized spacial score (nSPS) is 13.2. The van der Waals surface area contributed by atoms with Crippen molar-refractivity contribution in [3.63, 3.8) is 0 Å². The van der Waals surface area contributed by atoms with Gasteiger partial charge in [-0.05, 0) is 141 Å². The monoisotopic (exact) mass is 1090 g/mol. The van der Waals surface area contributed by atoms with Crippen LogP contribution >= 0.6 is 0 Å². The number of hydrogen-bond acceptors (Lipinski definition) is 6. The Morgan fingerprint density at radius 3 is 0.810 bits per heavy atom. The molecule has 6 heteroatoms. The second kappa shape index (κ2) is 65.5. The van der Waals surface area contributed by atoms with Gasteiger partial charge in [0.1, 0.15) is 13.2 Å². The van der Waals surface area contributed by atoms with Crippen molar-refractivity contribution in [1.82, 2.24) is 0 Å². The topological polar surface area (TPSA) is 78.9 Å². The summed E-state index contributed by atoms with van der Waals surface area (Å²) in [7, 11) is 0. The zero-order chi connectivity index (χ0) is 57.1. The third-order valence-corrected chi connectivity index (χ3v) is 13.0. The van der Waals surface area contributed by atoms with Crippen molar-refractivity contribution in [2.45, 2.75) is 271 Å². The molecule has 0 aromatic carbocycles. The van der Waals surface area contributed by atoms with Crippen LogP contribution in [0, 0.1) is 0 Å². The molecule has 1 unspecified atom stereocenters. The van der Waals surface area contributed by atoms with E-state index in [0.29, 0.717) is 19.3 Å². The van der Waals surface area contributed by atoms with Crippen molar-refractivity contribution in [2.75, 3.05) is 13.2 Å². The molecule has 0 radical (unpaired) electrons. The Morgan fingerprint density at radius 2 is 0.506 bits per heavy atom. The number of allylic oxidation sites excluding steroid dienone is 26. The number of rotatable bonds is 56. The molecule has 0 aromatic heterocycles. The van der Waals surface area contributed by atoms with Gasteiger partial charge in [-0.3, -0.25) is 14.4 Å². The van der Waals surface area contributed by atoms with Gasteiger partial charge in [0.15, 0.2) is 6.10 Å². The summed E-state index contributed by atoms with van der Waals surface area (Å²) in [5.74, 6) is -0.993. The third kappa shape index (κ3) is 63.7. The zero-order valence-electron chi connectivity index (χ0n) is 50.8. The van der Waals surface area contributed by atoms with Crippen molar-refractivity contribution >= 4 is 17.9 Å². The molecule has 0 aliphatic heterocycles. The van der Waals surface area contributed by atoms with Crippen LogP contribution in [0.2, 0.25) is 0 Å². The van der Waals surface area contributed by atoms with Gasteiger partial charge in [-0.2, -0.15) is 0 Å². The largest absolute Gasteiger partial charge is 0.462 e. The van der Waals surface area contributed by atoms with Crippen LogP contribution in [0.3, 0.4) is 0 Å². The Hall–Kier alpha value is -4.97. The van der Waals surface area contributed by atoms with Gasteiger partial charge in [0.2, 0.25) is 0 Å². The predicted molar refractivity (Wildman–Crippen MR) is 343 cm³/mol. The zero-order valence-corrected chi connectivity index (χ0v) is 50.8. The lowest BCUT2D eigenvalue weighted by atomic mass is 10.1. The molecule has 0 bridgehead atoms. The summed E-state index contributed by atoms with van der Waals surface area (Å²) < 4.78 is 16.8. The number of carbonyl (C=O) groups is 3. The first-order valence-corrected chi connectivity index (χ1v) is 32.0. The van der Waals surface area contributed by atoms with Crippen LogP contribution in [0.4, 0.5) is 0 Å². The van der Waals surface area contributed by atoms with Crippen molar-refractivity contribution in [1.29, 1.82) is 0 Å². The summed E-state index contributed by atoms with van der Waals surface area (Å²) in [5.41, 5.74) is 0. The van der Waals surface area contributed by atoms with Crippen molar-refractivity contribution < 1.29 is 28.6 Å². The first-order valence-electron chi connectivity index (χ1n) is 32.0. The Morgan fingerprint density at radius 1 is 0.266 bits per heavy atom. The Bertz CT molecular complexity index is 1780. The first-order chi connectivity index (χ1) is 39.0. The minimum absolute atomic E-state index is 0.113. The van der Waals surface area contributed by atoms with Crippen LogP contribution in [0.15, 0.2) is 158 Å². The second-order valence-electron chi connectivity index (χ2n) is 20.5. The smallest absolute Gasteiger partial charge is 0.306 e. The van der Waals surface area contributed by atoms with Gasteiger partial charge in [-0.1, -0.05) is 262 Å². The molecule has 0 aliphatic rings. The molecule has 79 heavy (non-hydrogen) atoms. The fourth-order valence-electron chi connectivity index (χ4n) is 8.28. The predicted octanol–water partition coefficient (Wildman–Crippen LogP) is 22.1.